The molecule has 1 saturated heterocycles. The molecule has 6 nitrogen and oxygen atoms in total. The summed E-state index contributed by atoms with van der Waals surface area (Å²) in [4.78, 5) is 7.86. The lowest BCUT2D eigenvalue weighted by molar-refractivity contribution is 0.270. The highest BCUT2D eigenvalue weighted by atomic mass is 32.2. The van der Waals surface area contributed by atoms with Crippen molar-refractivity contribution in [1.29, 1.82) is 0 Å². The lowest BCUT2D eigenvalue weighted by Gasteiger charge is -2.30. The molecule has 0 radical (unpaired) electrons. The summed E-state index contributed by atoms with van der Waals surface area (Å²) in [6, 6.07) is 1.68. The lowest BCUT2D eigenvalue weighted by Crippen LogP contribution is -2.42. The zero-order chi connectivity index (χ0) is 13.2. The summed E-state index contributed by atoms with van der Waals surface area (Å²) in [7, 11) is -3.57. The van der Waals surface area contributed by atoms with Gasteiger partial charge in [0.05, 0.1) is 0 Å². The van der Waals surface area contributed by atoms with Crippen LogP contribution in [0.25, 0.3) is 0 Å². The Morgan fingerprint density at radius 3 is 3.00 bits per heavy atom. The highest BCUT2D eigenvalue weighted by Crippen LogP contribution is 2.21. The van der Waals surface area contributed by atoms with Crippen molar-refractivity contribution in [3.63, 3.8) is 0 Å². The van der Waals surface area contributed by atoms with Crippen molar-refractivity contribution in [2.75, 3.05) is 19.6 Å². The van der Waals surface area contributed by atoms with Crippen LogP contribution in [0, 0.1) is 12.8 Å². The van der Waals surface area contributed by atoms with Crippen LogP contribution >= 0.6 is 0 Å². The Kier molecular flexibility index (Phi) is 3.94. The number of nitrogens with two attached hydrogens (primary N) is 1. The van der Waals surface area contributed by atoms with E-state index in [4.69, 9.17) is 5.73 Å². The number of sulfonamides is 1. The van der Waals surface area contributed by atoms with E-state index in [1.165, 1.54) is 10.5 Å². The molecule has 0 bridgehead atoms. The van der Waals surface area contributed by atoms with E-state index in [2.05, 4.69) is 9.97 Å². The molecule has 1 aliphatic heterocycles. The lowest BCUT2D eigenvalue weighted by atomic mass is 10.0. The molecule has 0 unspecified atom stereocenters. The van der Waals surface area contributed by atoms with E-state index in [0.717, 1.165) is 12.8 Å². The fourth-order valence-corrected chi connectivity index (χ4v) is 3.56. The van der Waals surface area contributed by atoms with Crippen LogP contribution in [-0.2, 0) is 10.0 Å². The zero-order valence-corrected chi connectivity index (χ0v) is 11.2. The molecular weight excluding hydrogens is 252 g/mol. The number of piperidine rings is 1. The summed E-state index contributed by atoms with van der Waals surface area (Å²) in [5, 5.41) is -0.111. The van der Waals surface area contributed by atoms with Crippen LogP contribution in [0.5, 0.6) is 0 Å². The first-order valence-corrected chi connectivity index (χ1v) is 7.48. The minimum atomic E-state index is -3.57. The highest BCUT2D eigenvalue weighted by Gasteiger charge is 2.31. The molecule has 1 aliphatic rings. The van der Waals surface area contributed by atoms with Crippen molar-refractivity contribution in [1.82, 2.24) is 14.3 Å². The van der Waals surface area contributed by atoms with Gasteiger partial charge in [-0.15, -0.1) is 0 Å². The average Bonchev–Trinajstić information content (AvgIpc) is 2.39. The molecule has 2 heterocycles. The zero-order valence-electron chi connectivity index (χ0n) is 10.4. The van der Waals surface area contributed by atoms with Gasteiger partial charge in [-0.3, -0.25) is 0 Å². The van der Waals surface area contributed by atoms with Gasteiger partial charge in [0.15, 0.2) is 0 Å². The van der Waals surface area contributed by atoms with E-state index in [1.54, 1.807) is 13.0 Å². The Hall–Kier alpha value is -1.05. The predicted molar refractivity (Wildman–Crippen MR) is 67.3 cm³/mol. The number of hydrogen-bond acceptors (Lipinski definition) is 5. The first kappa shape index (κ1) is 13.4. The second-order valence-corrected chi connectivity index (χ2v) is 6.42. The van der Waals surface area contributed by atoms with Crippen molar-refractivity contribution < 1.29 is 8.42 Å². The van der Waals surface area contributed by atoms with Crippen molar-refractivity contribution in [2.24, 2.45) is 11.7 Å². The fourth-order valence-electron chi connectivity index (χ4n) is 2.10. The third-order valence-electron chi connectivity index (χ3n) is 3.16. The summed E-state index contributed by atoms with van der Waals surface area (Å²) in [6.45, 7) is 3.26. The molecule has 0 aromatic carbocycles. The average molecular weight is 270 g/mol. The highest BCUT2D eigenvalue weighted by molar-refractivity contribution is 7.88. The summed E-state index contributed by atoms with van der Waals surface area (Å²) >= 11 is 0. The molecule has 0 saturated carbocycles. The van der Waals surface area contributed by atoms with E-state index in [0.29, 0.717) is 25.3 Å². The van der Waals surface area contributed by atoms with Crippen molar-refractivity contribution in [3.05, 3.63) is 18.0 Å². The molecule has 2 N–H and O–H groups in total. The van der Waals surface area contributed by atoms with E-state index in [9.17, 15) is 8.42 Å². The number of aromatic nitrogens is 2. The Morgan fingerprint density at radius 1 is 1.56 bits per heavy atom. The quantitative estimate of drug-likeness (QED) is 0.789. The first-order valence-electron chi connectivity index (χ1n) is 6.04. The van der Waals surface area contributed by atoms with Crippen LogP contribution in [0.1, 0.15) is 18.5 Å². The topological polar surface area (TPSA) is 89.2 Å². The molecular formula is C11H18N4O2S. The second-order valence-electron chi connectivity index (χ2n) is 4.59. The van der Waals surface area contributed by atoms with Crippen LogP contribution in [0.2, 0.25) is 0 Å². The van der Waals surface area contributed by atoms with Crippen LogP contribution in [0.4, 0.5) is 0 Å². The third-order valence-corrected chi connectivity index (χ3v) is 4.83. The normalized spacial score (nSPS) is 22.0. The molecule has 100 valence electrons. The monoisotopic (exact) mass is 270 g/mol. The maximum Gasteiger partial charge on any atom is 0.278 e. The molecule has 1 aromatic heterocycles. The maximum absolute atomic E-state index is 12.4. The predicted octanol–water partition coefficient (Wildman–Crippen LogP) is 0.144. The van der Waals surface area contributed by atoms with Gasteiger partial charge in [-0.1, -0.05) is 0 Å². The fraction of sp³-hybridized carbons (Fsp3) is 0.636. The van der Waals surface area contributed by atoms with Gasteiger partial charge >= 0.3 is 0 Å². The Balaban J connectivity index is 2.25. The van der Waals surface area contributed by atoms with Gasteiger partial charge in [0.2, 0.25) is 0 Å². The summed E-state index contributed by atoms with van der Waals surface area (Å²) < 4.78 is 26.2. The summed E-state index contributed by atoms with van der Waals surface area (Å²) in [5.74, 6) is 0.235. The van der Waals surface area contributed by atoms with Gasteiger partial charge in [-0.2, -0.15) is 4.31 Å². The Morgan fingerprint density at radius 2 is 2.33 bits per heavy atom. The van der Waals surface area contributed by atoms with E-state index < -0.39 is 10.0 Å². The van der Waals surface area contributed by atoms with E-state index in [-0.39, 0.29) is 11.1 Å². The Labute approximate surface area is 107 Å². The molecule has 2 rings (SSSR count). The van der Waals surface area contributed by atoms with Gasteiger partial charge in [-0.25, -0.2) is 18.4 Å². The van der Waals surface area contributed by atoms with Gasteiger partial charge in [0.25, 0.3) is 15.2 Å². The minimum Gasteiger partial charge on any atom is -0.330 e. The van der Waals surface area contributed by atoms with Crippen LogP contribution < -0.4 is 5.73 Å². The van der Waals surface area contributed by atoms with E-state index in [1.807, 2.05) is 0 Å². The van der Waals surface area contributed by atoms with Gasteiger partial charge in [0.1, 0.15) is 0 Å². The minimum absolute atomic E-state index is 0.111. The standard InChI is InChI=1S/C11H18N4O2S/c1-9-4-5-13-11(14-9)18(16,17)15-6-2-3-10(7-12)8-15/h4-5,10H,2-3,6-8,12H2,1H3/t10-/m0/s1. The molecule has 1 aromatic rings. The number of rotatable bonds is 3. The second kappa shape index (κ2) is 5.29. The molecule has 0 spiro atoms. The largest absolute Gasteiger partial charge is 0.330 e. The first-order chi connectivity index (χ1) is 8.54. The van der Waals surface area contributed by atoms with E-state index >= 15 is 0 Å². The molecule has 1 fully saturated rings. The molecule has 7 heteroatoms. The molecule has 18 heavy (non-hydrogen) atoms. The van der Waals surface area contributed by atoms with Crippen LogP contribution in [0.3, 0.4) is 0 Å². The van der Waals surface area contributed by atoms with Crippen molar-refractivity contribution in [2.45, 2.75) is 24.9 Å². The smallest absolute Gasteiger partial charge is 0.278 e. The van der Waals surface area contributed by atoms with Crippen molar-refractivity contribution >= 4 is 10.0 Å². The van der Waals surface area contributed by atoms with Gasteiger partial charge < -0.3 is 5.73 Å². The molecule has 1 atom stereocenters. The van der Waals surface area contributed by atoms with Gasteiger partial charge in [0, 0.05) is 25.0 Å². The third kappa shape index (κ3) is 2.68. The van der Waals surface area contributed by atoms with Crippen LogP contribution in [0.15, 0.2) is 17.4 Å². The SMILES string of the molecule is Cc1ccnc(S(=O)(=O)N2CCC[C@@H](CN)C2)n1. The number of nitrogens with zero attached hydrogens (tertiary/aromatic N) is 3. The number of hydrogen-bond donors (Lipinski definition) is 1. The molecule has 0 amide bonds. The summed E-state index contributed by atoms with van der Waals surface area (Å²) in [6.07, 6.45) is 3.30. The summed E-state index contributed by atoms with van der Waals surface area (Å²) in [5.41, 5.74) is 6.27. The maximum atomic E-state index is 12.4. The molecule has 0 aliphatic carbocycles. The van der Waals surface area contributed by atoms with Crippen LogP contribution in [-0.4, -0.2) is 42.3 Å². The van der Waals surface area contributed by atoms with Crippen molar-refractivity contribution in [3.8, 4) is 0 Å². The Bertz CT molecular complexity index is 518. The van der Waals surface area contributed by atoms with Gasteiger partial charge in [-0.05, 0) is 38.3 Å². The number of aryl methyl sites for hydroxylation is 1.